The van der Waals surface area contributed by atoms with Crippen molar-refractivity contribution >= 4 is 11.7 Å². The Hall–Kier alpha value is -1.71. The zero-order chi connectivity index (χ0) is 15.1. The molecule has 0 saturated carbocycles. The number of hydrogen-bond acceptors (Lipinski definition) is 4. The average molecular weight is 291 g/mol. The van der Waals surface area contributed by atoms with Crippen molar-refractivity contribution in [3.63, 3.8) is 0 Å². The van der Waals surface area contributed by atoms with Gasteiger partial charge in [-0.3, -0.25) is 4.79 Å². The SMILES string of the molecule is CCOC(=O)CCCCOc1ccc2c(c1)CCCN2C. The Morgan fingerprint density at radius 1 is 1.33 bits per heavy atom. The second-order valence-electron chi connectivity index (χ2n) is 5.43. The predicted molar refractivity (Wildman–Crippen MR) is 84.0 cm³/mol. The topological polar surface area (TPSA) is 38.8 Å². The molecule has 0 saturated heterocycles. The van der Waals surface area contributed by atoms with Gasteiger partial charge in [0.05, 0.1) is 13.2 Å². The largest absolute Gasteiger partial charge is 0.494 e. The second-order valence-corrected chi connectivity index (χ2v) is 5.43. The lowest BCUT2D eigenvalue weighted by Gasteiger charge is -2.27. The molecule has 116 valence electrons. The molecule has 1 aliphatic heterocycles. The van der Waals surface area contributed by atoms with E-state index in [1.165, 1.54) is 17.7 Å². The van der Waals surface area contributed by atoms with Gasteiger partial charge in [-0.1, -0.05) is 0 Å². The summed E-state index contributed by atoms with van der Waals surface area (Å²) in [5.74, 6) is 0.814. The van der Waals surface area contributed by atoms with E-state index in [0.717, 1.165) is 31.6 Å². The van der Waals surface area contributed by atoms with Crippen LogP contribution in [0.2, 0.25) is 0 Å². The number of rotatable bonds is 7. The fourth-order valence-electron chi connectivity index (χ4n) is 2.65. The third-order valence-electron chi connectivity index (χ3n) is 3.75. The third kappa shape index (κ3) is 4.66. The summed E-state index contributed by atoms with van der Waals surface area (Å²) in [5, 5.41) is 0. The molecule has 0 fully saturated rings. The maximum absolute atomic E-state index is 11.2. The molecule has 0 N–H and O–H groups in total. The molecule has 0 bridgehead atoms. The summed E-state index contributed by atoms with van der Waals surface area (Å²) in [5.41, 5.74) is 2.68. The van der Waals surface area contributed by atoms with E-state index in [9.17, 15) is 4.79 Å². The van der Waals surface area contributed by atoms with Crippen LogP contribution in [0.1, 0.15) is 38.2 Å². The fraction of sp³-hybridized carbons (Fsp3) is 0.588. The van der Waals surface area contributed by atoms with Crippen LogP contribution in [0.5, 0.6) is 5.75 Å². The Balaban J connectivity index is 1.73. The number of unbranched alkanes of at least 4 members (excludes halogenated alkanes) is 1. The maximum atomic E-state index is 11.2. The molecule has 0 amide bonds. The van der Waals surface area contributed by atoms with Gasteiger partial charge in [0.15, 0.2) is 0 Å². The van der Waals surface area contributed by atoms with Gasteiger partial charge in [0, 0.05) is 25.7 Å². The molecule has 0 aromatic heterocycles. The molecule has 0 spiro atoms. The van der Waals surface area contributed by atoms with Crippen molar-refractivity contribution < 1.29 is 14.3 Å². The van der Waals surface area contributed by atoms with E-state index < -0.39 is 0 Å². The van der Waals surface area contributed by atoms with E-state index in [2.05, 4.69) is 24.1 Å². The van der Waals surface area contributed by atoms with E-state index in [1.54, 1.807) is 0 Å². The number of anilines is 1. The van der Waals surface area contributed by atoms with Crippen LogP contribution in [0, 0.1) is 0 Å². The van der Waals surface area contributed by atoms with Crippen LogP contribution in [0.15, 0.2) is 18.2 Å². The zero-order valence-corrected chi connectivity index (χ0v) is 13.1. The number of carbonyl (C=O) groups excluding carboxylic acids is 1. The van der Waals surface area contributed by atoms with Crippen molar-refractivity contribution in [3.8, 4) is 5.75 Å². The lowest BCUT2D eigenvalue weighted by molar-refractivity contribution is -0.143. The van der Waals surface area contributed by atoms with Gasteiger partial charge >= 0.3 is 5.97 Å². The standard InChI is InChI=1S/C17H25NO3/c1-3-20-17(19)8-4-5-12-21-15-9-10-16-14(13-15)7-6-11-18(16)2/h9-10,13H,3-8,11-12H2,1-2H3. The van der Waals surface area contributed by atoms with Gasteiger partial charge in [0.2, 0.25) is 0 Å². The number of hydrogen-bond donors (Lipinski definition) is 0. The lowest BCUT2D eigenvalue weighted by Crippen LogP contribution is -2.24. The minimum Gasteiger partial charge on any atom is -0.494 e. The lowest BCUT2D eigenvalue weighted by atomic mass is 10.0. The van der Waals surface area contributed by atoms with Crippen molar-refractivity contribution in [3.05, 3.63) is 23.8 Å². The zero-order valence-electron chi connectivity index (χ0n) is 13.1. The molecule has 1 aromatic carbocycles. The summed E-state index contributed by atoms with van der Waals surface area (Å²) in [7, 11) is 2.13. The van der Waals surface area contributed by atoms with Crippen LogP contribution >= 0.6 is 0 Å². The number of aryl methyl sites for hydroxylation is 1. The highest BCUT2D eigenvalue weighted by molar-refractivity contribution is 5.69. The molecule has 1 heterocycles. The van der Waals surface area contributed by atoms with Crippen molar-refractivity contribution in [2.75, 3.05) is 31.7 Å². The van der Waals surface area contributed by atoms with Crippen LogP contribution in [-0.2, 0) is 16.0 Å². The van der Waals surface area contributed by atoms with Crippen LogP contribution in [0.25, 0.3) is 0 Å². The first-order valence-electron chi connectivity index (χ1n) is 7.83. The highest BCUT2D eigenvalue weighted by atomic mass is 16.5. The smallest absolute Gasteiger partial charge is 0.305 e. The Labute approximate surface area is 127 Å². The van der Waals surface area contributed by atoms with Gasteiger partial charge in [-0.2, -0.15) is 0 Å². The predicted octanol–water partition coefficient (Wildman–Crippen LogP) is 3.18. The number of nitrogens with zero attached hydrogens (tertiary/aromatic N) is 1. The minimum absolute atomic E-state index is 0.116. The molecule has 0 radical (unpaired) electrons. The van der Waals surface area contributed by atoms with E-state index in [0.29, 0.717) is 19.6 Å². The summed E-state index contributed by atoms with van der Waals surface area (Å²) in [4.78, 5) is 13.5. The fourth-order valence-corrected chi connectivity index (χ4v) is 2.65. The van der Waals surface area contributed by atoms with Crippen LogP contribution in [0.3, 0.4) is 0 Å². The molecule has 2 rings (SSSR count). The first-order chi connectivity index (χ1) is 10.2. The first-order valence-corrected chi connectivity index (χ1v) is 7.83. The first kappa shape index (κ1) is 15.7. The minimum atomic E-state index is -0.116. The van der Waals surface area contributed by atoms with E-state index >= 15 is 0 Å². The Kier molecular flexibility index (Phi) is 5.90. The summed E-state index contributed by atoms with van der Waals surface area (Å²) in [6.45, 7) is 4.06. The summed E-state index contributed by atoms with van der Waals surface area (Å²) in [6, 6.07) is 6.32. The number of esters is 1. The van der Waals surface area contributed by atoms with Gasteiger partial charge in [-0.25, -0.2) is 0 Å². The van der Waals surface area contributed by atoms with Crippen molar-refractivity contribution in [1.29, 1.82) is 0 Å². The molecule has 21 heavy (non-hydrogen) atoms. The van der Waals surface area contributed by atoms with Gasteiger partial charge in [0.1, 0.15) is 5.75 Å². The van der Waals surface area contributed by atoms with Gasteiger partial charge < -0.3 is 14.4 Å². The summed E-state index contributed by atoms with van der Waals surface area (Å²) in [6.07, 6.45) is 4.49. The molecule has 0 unspecified atom stereocenters. The van der Waals surface area contributed by atoms with Crippen molar-refractivity contribution in [2.45, 2.75) is 39.0 Å². The van der Waals surface area contributed by atoms with Crippen molar-refractivity contribution in [1.82, 2.24) is 0 Å². The van der Waals surface area contributed by atoms with E-state index in [-0.39, 0.29) is 5.97 Å². The van der Waals surface area contributed by atoms with Crippen molar-refractivity contribution in [2.24, 2.45) is 0 Å². The molecule has 1 aromatic rings. The molecule has 0 atom stereocenters. The average Bonchev–Trinajstić information content (AvgIpc) is 2.47. The Morgan fingerprint density at radius 3 is 3.00 bits per heavy atom. The van der Waals surface area contributed by atoms with Crippen LogP contribution < -0.4 is 9.64 Å². The molecule has 4 nitrogen and oxygen atoms in total. The molecule has 0 aliphatic carbocycles. The maximum Gasteiger partial charge on any atom is 0.305 e. The normalized spacial score (nSPS) is 13.7. The number of fused-ring (bicyclic) bond motifs is 1. The van der Waals surface area contributed by atoms with Gasteiger partial charge in [-0.05, 0) is 56.4 Å². The quantitative estimate of drug-likeness (QED) is 0.571. The summed E-state index contributed by atoms with van der Waals surface area (Å²) >= 11 is 0. The van der Waals surface area contributed by atoms with E-state index in [1.807, 2.05) is 13.0 Å². The Morgan fingerprint density at radius 2 is 2.19 bits per heavy atom. The monoisotopic (exact) mass is 291 g/mol. The highest BCUT2D eigenvalue weighted by Gasteiger charge is 2.13. The number of carbonyl (C=O) groups is 1. The van der Waals surface area contributed by atoms with Crippen LogP contribution in [0.4, 0.5) is 5.69 Å². The third-order valence-corrected chi connectivity index (χ3v) is 3.75. The molecular formula is C17H25NO3. The molecule has 1 aliphatic rings. The van der Waals surface area contributed by atoms with Crippen LogP contribution in [-0.4, -0.2) is 32.8 Å². The number of benzene rings is 1. The number of ether oxygens (including phenoxy) is 2. The molecule has 4 heteroatoms. The molecular weight excluding hydrogens is 266 g/mol. The van der Waals surface area contributed by atoms with E-state index in [4.69, 9.17) is 9.47 Å². The van der Waals surface area contributed by atoms with Gasteiger partial charge in [-0.15, -0.1) is 0 Å². The second kappa shape index (κ2) is 7.91. The summed E-state index contributed by atoms with van der Waals surface area (Å²) < 4.78 is 10.7. The Bertz CT molecular complexity index is 473. The highest BCUT2D eigenvalue weighted by Crippen LogP contribution is 2.29. The van der Waals surface area contributed by atoms with Gasteiger partial charge in [0.25, 0.3) is 0 Å².